The van der Waals surface area contributed by atoms with Gasteiger partial charge in [-0.2, -0.15) is 0 Å². The average molecular weight is 627 g/mol. The maximum atomic E-state index is 13.4. The fourth-order valence-corrected chi connectivity index (χ4v) is 5.74. The maximum absolute atomic E-state index is 13.4. The molecule has 0 fully saturated rings. The van der Waals surface area contributed by atoms with Gasteiger partial charge in [0.25, 0.3) is 23.6 Å². The third-order valence-electron chi connectivity index (χ3n) is 7.83. The fraction of sp³-hybridized carbons (Fsp3) is 0.294. The van der Waals surface area contributed by atoms with Crippen LogP contribution >= 0.6 is 0 Å². The first-order chi connectivity index (χ1) is 22.5. The molecule has 0 radical (unpaired) electrons. The number of carbonyl (C=O) groups is 4. The Balaban J connectivity index is 1.00. The van der Waals surface area contributed by atoms with E-state index in [9.17, 15) is 19.2 Å². The van der Waals surface area contributed by atoms with E-state index < -0.39 is 23.6 Å². The number of anilines is 1. The Labute approximate surface area is 264 Å². The summed E-state index contributed by atoms with van der Waals surface area (Å²) in [6.45, 7) is 2.93. The normalized spacial score (nSPS) is 14.2. The molecule has 4 aromatic carbocycles. The molecule has 3 N–H and O–H groups in total. The lowest BCUT2D eigenvalue weighted by Crippen LogP contribution is -2.42. The molecule has 0 bridgehead atoms. The van der Waals surface area contributed by atoms with Crippen molar-refractivity contribution in [3.8, 4) is 0 Å². The van der Waals surface area contributed by atoms with Gasteiger partial charge < -0.3 is 25.3 Å². The summed E-state index contributed by atoms with van der Waals surface area (Å²) >= 11 is 0. The molecule has 2 aliphatic rings. The van der Waals surface area contributed by atoms with E-state index in [-0.39, 0.29) is 26.4 Å². The molecular weight excluding hydrogens is 592 g/mol. The van der Waals surface area contributed by atoms with Gasteiger partial charge in [0, 0.05) is 46.1 Å². The molecule has 12 heteroatoms. The van der Waals surface area contributed by atoms with Crippen LogP contribution in [0.5, 0.6) is 0 Å². The van der Waals surface area contributed by atoms with Gasteiger partial charge in [-0.05, 0) is 35.7 Å². The predicted octanol–water partition coefficient (Wildman–Crippen LogP) is 3.24. The number of benzene rings is 4. The van der Waals surface area contributed by atoms with Crippen molar-refractivity contribution >= 4 is 50.9 Å². The second-order valence-corrected chi connectivity index (χ2v) is 10.7. The number of nitrogens with zero attached hydrogens (tertiary/aromatic N) is 2. The molecular formula is C34H34N4O8. The molecule has 2 heterocycles. The molecule has 0 saturated heterocycles. The van der Waals surface area contributed by atoms with Crippen LogP contribution in [0, 0.1) is 0 Å². The van der Waals surface area contributed by atoms with Gasteiger partial charge >= 0.3 is 0 Å². The largest absolute Gasteiger partial charge is 0.382 e. The lowest BCUT2D eigenvalue weighted by atomic mass is 9.93. The van der Waals surface area contributed by atoms with Gasteiger partial charge in [0.2, 0.25) is 0 Å². The van der Waals surface area contributed by atoms with E-state index in [0.717, 1.165) is 21.5 Å². The summed E-state index contributed by atoms with van der Waals surface area (Å²) in [5.41, 5.74) is 7.85. The molecule has 0 unspecified atom stereocenters. The van der Waals surface area contributed by atoms with Gasteiger partial charge in [-0.15, -0.1) is 5.06 Å². The first kappa shape index (κ1) is 31.3. The number of ether oxygens (including phenoxy) is 3. The standard InChI is InChI=1S/C34H34N4O8/c35-12-15-43-18-19-44-16-13-36-28-11-10-27-30-23(28)6-3-9-26(30)31(39)37(32(27)40)14-17-45-20-21-46-38-33(41)24-7-1-4-22-5-2-8-25(29(22)24)34(38)42/h1-11,36H,12-21,35H2. The summed E-state index contributed by atoms with van der Waals surface area (Å²) < 4.78 is 16.5. The lowest BCUT2D eigenvalue weighted by molar-refractivity contribution is -0.109. The zero-order valence-corrected chi connectivity index (χ0v) is 25.2. The number of amides is 4. The molecule has 4 amide bonds. The van der Waals surface area contributed by atoms with E-state index >= 15 is 0 Å². The van der Waals surface area contributed by atoms with E-state index in [0.29, 0.717) is 72.5 Å². The van der Waals surface area contributed by atoms with Gasteiger partial charge in [0.1, 0.15) is 0 Å². The van der Waals surface area contributed by atoms with Crippen LogP contribution in [0.4, 0.5) is 5.69 Å². The summed E-state index contributed by atoms with van der Waals surface area (Å²) in [6.07, 6.45) is 0. The van der Waals surface area contributed by atoms with Crippen LogP contribution in [0.15, 0.2) is 66.7 Å². The third-order valence-corrected chi connectivity index (χ3v) is 7.83. The molecule has 0 saturated carbocycles. The van der Waals surface area contributed by atoms with Crippen LogP contribution in [-0.2, 0) is 19.0 Å². The highest BCUT2D eigenvalue weighted by molar-refractivity contribution is 6.27. The van der Waals surface area contributed by atoms with Crippen molar-refractivity contribution in [2.45, 2.75) is 0 Å². The highest BCUT2D eigenvalue weighted by atomic mass is 16.7. The third kappa shape index (κ3) is 6.08. The molecule has 0 aliphatic carbocycles. The summed E-state index contributed by atoms with van der Waals surface area (Å²) in [4.78, 5) is 59.4. The van der Waals surface area contributed by atoms with E-state index in [1.54, 1.807) is 42.5 Å². The van der Waals surface area contributed by atoms with Crippen molar-refractivity contribution in [3.63, 3.8) is 0 Å². The van der Waals surface area contributed by atoms with Crippen LogP contribution < -0.4 is 11.1 Å². The molecule has 6 rings (SSSR count). The average Bonchev–Trinajstić information content (AvgIpc) is 3.08. The summed E-state index contributed by atoms with van der Waals surface area (Å²) in [6, 6.07) is 19.5. The van der Waals surface area contributed by atoms with E-state index in [2.05, 4.69) is 5.32 Å². The number of hydrogen-bond donors (Lipinski definition) is 2. The fourth-order valence-electron chi connectivity index (χ4n) is 5.74. The van der Waals surface area contributed by atoms with Crippen LogP contribution in [0.3, 0.4) is 0 Å². The summed E-state index contributed by atoms with van der Waals surface area (Å²) in [7, 11) is 0. The van der Waals surface area contributed by atoms with Gasteiger partial charge in [0.05, 0.1) is 63.9 Å². The quantitative estimate of drug-likeness (QED) is 0.140. The van der Waals surface area contributed by atoms with Gasteiger partial charge in [-0.25, -0.2) is 0 Å². The van der Waals surface area contributed by atoms with Crippen LogP contribution in [0.25, 0.3) is 21.5 Å². The van der Waals surface area contributed by atoms with Crippen LogP contribution in [-0.4, -0.2) is 99.5 Å². The first-order valence-electron chi connectivity index (χ1n) is 15.1. The molecule has 0 atom stereocenters. The van der Waals surface area contributed by atoms with Gasteiger partial charge in [0.15, 0.2) is 0 Å². The molecule has 4 aromatic rings. The number of nitrogens with one attached hydrogen (secondary N) is 1. The minimum absolute atomic E-state index is 0.0246. The smallest absolute Gasteiger partial charge is 0.285 e. The van der Waals surface area contributed by atoms with E-state index in [4.69, 9.17) is 24.8 Å². The Kier molecular flexibility index (Phi) is 9.62. The van der Waals surface area contributed by atoms with Crippen molar-refractivity contribution in [2.75, 3.05) is 71.2 Å². The predicted molar refractivity (Wildman–Crippen MR) is 170 cm³/mol. The lowest BCUT2D eigenvalue weighted by Gasteiger charge is -2.28. The minimum Gasteiger partial charge on any atom is -0.382 e. The molecule has 0 aromatic heterocycles. The second kappa shape index (κ2) is 14.1. The molecule has 0 spiro atoms. The molecule has 2 aliphatic heterocycles. The number of nitrogens with two attached hydrogens (primary N) is 1. The van der Waals surface area contributed by atoms with Crippen molar-refractivity contribution in [1.29, 1.82) is 0 Å². The maximum Gasteiger partial charge on any atom is 0.285 e. The number of hydroxylamine groups is 2. The topological polar surface area (TPSA) is 150 Å². The Morgan fingerprint density at radius 2 is 1.17 bits per heavy atom. The Morgan fingerprint density at radius 3 is 1.87 bits per heavy atom. The molecule has 12 nitrogen and oxygen atoms in total. The number of imide groups is 2. The van der Waals surface area contributed by atoms with Crippen molar-refractivity contribution < 1.29 is 38.2 Å². The summed E-state index contributed by atoms with van der Waals surface area (Å²) in [5.74, 6) is -1.89. The number of hydrogen-bond acceptors (Lipinski definition) is 10. The number of rotatable bonds is 16. The molecule has 238 valence electrons. The van der Waals surface area contributed by atoms with Crippen molar-refractivity contribution in [1.82, 2.24) is 9.96 Å². The Morgan fingerprint density at radius 1 is 0.587 bits per heavy atom. The Bertz CT molecular complexity index is 1740. The first-order valence-corrected chi connectivity index (χ1v) is 15.1. The number of carbonyl (C=O) groups excluding carboxylic acids is 4. The van der Waals surface area contributed by atoms with Crippen LogP contribution in [0.1, 0.15) is 41.4 Å². The minimum atomic E-state index is -0.539. The molecule has 46 heavy (non-hydrogen) atoms. The zero-order valence-electron chi connectivity index (χ0n) is 25.2. The van der Waals surface area contributed by atoms with Crippen molar-refractivity contribution in [2.24, 2.45) is 5.73 Å². The van der Waals surface area contributed by atoms with Gasteiger partial charge in [-0.1, -0.05) is 36.4 Å². The SMILES string of the molecule is NCCOCCOCCNc1ccc2c3c(cccc13)C(=O)N(CCOCCON1C(=O)c3cccc4cccc(c34)C1=O)C2=O. The van der Waals surface area contributed by atoms with Crippen LogP contribution in [0.2, 0.25) is 0 Å². The van der Waals surface area contributed by atoms with Crippen molar-refractivity contribution in [3.05, 3.63) is 89.0 Å². The Hall–Kier alpha value is -4.72. The highest BCUT2D eigenvalue weighted by Crippen LogP contribution is 2.34. The van der Waals surface area contributed by atoms with E-state index in [1.807, 2.05) is 24.3 Å². The highest BCUT2D eigenvalue weighted by Gasteiger charge is 2.35. The summed E-state index contributed by atoms with van der Waals surface area (Å²) in [5, 5.41) is 6.88. The zero-order chi connectivity index (χ0) is 32.0. The van der Waals surface area contributed by atoms with E-state index in [1.165, 1.54) is 4.90 Å². The second-order valence-electron chi connectivity index (χ2n) is 10.7. The monoisotopic (exact) mass is 626 g/mol. The van der Waals surface area contributed by atoms with Gasteiger partial charge in [-0.3, -0.25) is 28.9 Å².